The first-order valence-electron chi connectivity index (χ1n) is 16.6. The Bertz CT molecular complexity index is 1480. The summed E-state index contributed by atoms with van der Waals surface area (Å²) in [7, 11) is 0. The molecule has 5 aliphatic rings. The van der Waals surface area contributed by atoms with Gasteiger partial charge in [0.2, 0.25) is 0 Å². The highest BCUT2D eigenvalue weighted by Crippen LogP contribution is 2.48. The lowest BCUT2D eigenvalue weighted by atomic mass is 9.63. The van der Waals surface area contributed by atoms with E-state index in [4.69, 9.17) is 28.4 Å². The molecule has 5 atom stereocenters. The molecule has 2 aromatic carbocycles. The van der Waals surface area contributed by atoms with Crippen LogP contribution in [0, 0.1) is 5.92 Å². The number of hydrogen-bond donors (Lipinski definition) is 0. The molecule has 3 fully saturated rings. The molecule has 3 aliphatic heterocycles. The fraction of sp³-hybridized carbons (Fsp3) is 0.487. The zero-order valence-corrected chi connectivity index (χ0v) is 27.1. The molecule has 3 heterocycles. The van der Waals surface area contributed by atoms with Crippen LogP contribution in [0.2, 0.25) is 0 Å². The number of hydrogen-bond acceptors (Lipinski definition) is 6. The zero-order valence-electron chi connectivity index (χ0n) is 27.1. The van der Waals surface area contributed by atoms with E-state index in [9.17, 15) is 0 Å². The second-order valence-corrected chi connectivity index (χ2v) is 13.8. The molecule has 45 heavy (non-hydrogen) atoms. The van der Waals surface area contributed by atoms with E-state index >= 15 is 0 Å². The minimum absolute atomic E-state index is 0.158. The third-order valence-electron chi connectivity index (χ3n) is 10.1. The van der Waals surface area contributed by atoms with E-state index in [1.54, 1.807) is 0 Å². The Hall–Kier alpha value is -3.32. The second-order valence-electron chi connectivity index (χ2n) is 13.8. The topological polar surface area (TPSA) is 65.3 Å². The van der Waals surface area contributed by atoms with Crippen LogP contribution >= 0.6 is 0 Å². The minimum Gasteiger partial charge on any atom is -0.495 e. The standard InChI is InChI=1S/C39H46O6/c1-26-19-33(42-22-36-25-45-36)17-18-37(26)39(4,30-11-15-32(16-12-30)41-21-35-24-44-35)29-7-5-27(6-8-29)38(2,3)28-9-13-31(14-10-28)40-20-34-23-43-34/h5-11,13-15,17-18,26,34-36H,12,16,19-25H2,1-4H3. The Morgan fingerprint density at radius 2 is 1.13 bits per heavy atom. The summed E-state index contributed by atoms with van der Waals surface area (Å²) >= 11 is 0. The van der Waals surface area contributed by atoms with Gasteiger partial charge in [-0.3, -0.25) is 0 Å². The highest BCUT2D eigenvalue weighted by molar-refractivity contribution is 5.52. The van der Waals surface area contributed by atoms with Gasteiger partial charge in [-0.05, 0) is 60.2 Å². The molecule has 3 saturated heterocycles. The van der Waals surface area contributed by atoms with Crippen LogP contribution in [0.1, 0.15) is 63.6 Å². The zero-order chi connectivity index (χ0) is 31.0. The maximum atomic E-state index is 6.11. The van der Waals surface area contributed by atoms with Crippen molar-refractivity contribution in [3.63, 3.8) is 0 Å². The van der Waals surface area contributed by atoms with Crippen molar-refractivity contribution in [1.82, 2.24) is 0 Å². The third-order valence-corrected chi connectivity index (χ3v) is 10.1. The Labute approximate surface area is 267 Å². The van der Waals surface area contributed by atoms with Crippen LogP contribution in [0.15, 0.2) is 95.5 Å². The smallest absolute Gasteiger partial charge is 0.119 e. The van der Waals surface area contributed by atoms with Gasteiger partial charge in [0.15, 0.2) is 0 Å². The van der Waals surface area contributed by atoms with E-state index in [1.807, 2.05) is 0 Å². The minimum atomic E-state index is -0.254. The van der Waals surface area contributed by atoms with Gasteiger partial charge in [0.1, 0.15) is 43.9 Å². The van der Waals surface area contributed by atoms with E-state index < -0.39 is 0 Å². The van der Waals surface area contributed by atoms with Crippen molar-refractivity contribution in [2.24, 2.45) is 5.92 Å². The average Bonchev–Trinajstić information content (AvgIpc) is 3.91. The molecule has 6 nitrogen and oxygen atoms in total. The quantitative estimate of drug-likeness (QED) is 0.209. The van der Waals surface area contributed by atoms with Crippen molar-refractivity contribution in [2.45, 2.75) is 76.1 Å². The van der Waals surface area contributed by atoms with Crippen LogP contribution in [-0.2, 0) is 34.5 Å². The molecule has 2 aromatic rings. The summed E-state index contributed by atoms with van der Waals surface area (Å²) in [6.07, 6.45) is 12.5. The van der Waals surface area contributed by atoms with Crippen molar-refractivity contribution in [3.8, 4) is 5.75 Å². The third kappa shape index (κ3) is 6.94. The first kappa shape index (κ1) is 30.3. The summed E-state index contributed by atoms with van der Waals surface area (Å²) in [6.45, 7) is 13.7. The van der Waals surface area contributed by atoms with Crippen molar-refractivity contribution in [3.05, 3.63) is 112 Å². The predicted octanol–water partition coefficient (Wildman–Crippen LogP) is 7.33. The predicted molar refractivity (Wildman–Crippen MR) is 174 cm³/mol. The molecule has 6 heteroatoms. The van der Waals surface area contributed by atoms with Crippen LogP contribution in [0.5, 0.6) is 5.75 Å². The molecule has 2 aliphatic carbocycles. The first-order valence-corrected chi connectivity index (χ1v) is 16.6. The summed E-state index contributed by atoms with van der Waals surface area (Å²) in [5.41, 5.74) is 6.28. The Morgan fingerprint density at radius 1 is 0.622 bits per heavy atom. The number of epoxide rings is 3. The molecule has 0 aromatic heterocycles. The number of allylic oxidation sites excluding steroid dienone is 8. The highest BCUT2D eigenvalue weighted by Gasteiger charge is 2.39. The summed E-state index contributed by atoms with van der Waals surface area (Å²) < 4.78 is 34.0. The Kier molecular flexibility index (Phi) is 8.40. The van der Waals surface area contributed by atoms with E-state index in [-0.39, 0.29) is 29.1 Å². The van der Waals surface area contributed by atoms with Crippen LogP contribution < -0.4 is 4.74 Å². The van der Waals surface area contributed by atoms with Gasteiger partial charge in [0.05, 0.1) is 31.3 Å². The molecule has 238 valence electrons. The van der Waals surface area contributed by atoms with Crippen LogP contribution in [0.4, 0.5) is 0 Å². The van der Waals surface area contributed by atoms with E-state index in [2.05, 4.69) is 101 Å². The summed E-state index contributed by atoms with van der Waals surface area (Å²) in [6, 6.07) is 17.8. The largest absolute Gasteiger partial charge is 0.495 e. The molecule has 0 spiro atoms. The number of benzene rings is 2. The Morgan fingerprint density at radius 3 is 1.67 bits per heavy atom. The van der Waals surface area contributed by atoms with Crippen molar-refractivity contribution in [1.29, 1.82) is 0 Å². The first-order chi connectivity index (χ1) is 21.8. The van der Waals surface area contributed by atoms with E-state index in [0.717, 1.165) is 56.4 Å². The van der Waals surface area contributed by atoms with Gasteiger partial charge in [0.25, 0.3) is 0 Å². The fourth-order valence-corrected chi connectivity index (χ4v) is 6.72. The molecule has 7 rings (SSSR count). The number of rotatable bonds is 14. The lowest BCUT2D eigenvalue weighted by Gasteiger charge is -2.41. The average molecular weight is 611 g/mol. The monoisotopic (exact) mass is 610 g/mol. The second kappa shape index (κ2) is 12.5. The molecular weight excluding hydrogens is 564 g/mol. The molecule has 0 radical (unpaired) electrons. The van der Waals surface area contributed by atoms with Crippen LogP contribution in [0.3, 0.4) is 0 Å². The maximum Gasteiger partial charge on any atom is 0.119 e. The molecule has 0 bridgehead atoms. The summed E-state index contributed by atoms with van der Waals surface area (Å²) in [4.78, 5) is 0. The van der Waals surface area contributed by atoms with Crippen molar-refractivity contribution < 1.29 is 28.4 Å². The lowest BCUT2D eigenvalue weighted by Crippen LogP contribution is -2.33. The summed E-state index contributed by atoms with van der Waals surface area (Å²) in [5.74, 6) is 3.33. The molecular formula is C39H46O6. The molecule has 0 N–H and O–H groups in total. The number of ether oxygens (including phenoxy) is 6. The van der Waals surface area contributed by atoms with E-state index in [0.29, 0.717) is 25.7 Å². The van der Waals surface area contributed by atoms with Gasteiger partial charge < -0.3 is 28.4 Å². The van der Waals surface area contributed by atoms with Gasteiger partial charge in [-0.25, -0.2) is 0 Å². The van der Waals surface area contributed by atoms with Gasteiger partial charge in [-0.2, -0.15) is 0 Å². The molecule has 0 saturated carbocycles. The van der Waals surface area contributed by atoms with Gasteiger partial charge in [-0.1, -0.05) is 80.5 Å². The van der Waals surface area contributed by atoms with Crippen molar-refractivity contribution >= 4 is 0 Å². The maximum absolute atomic E-state index is 6.11. The van der Waals surface area contributed by atoms with Gasteiger partial charge in [0, 0.05) is 23.7 Å². The highest BCUT2D eigenvalue weighted by atomic mass is 16.6. The molecule has 0 amide bonds. The van der Waals surface area contributed by atoms with E-state index in [1.165, 1.54) is 27.8 Å². The fourth-order valence-electron chi connectivity index (χ4n) is 6.72. The molecule has 5 unspecified atom stereocenters. The van der Waals surface area contributed by atoms with Crippen LogP contribution in [-0.4, -0.2) is 58.0 Å². The van der Waals surface area contributed by atoms with Crippen molar-refractivity contribution in [2.75, 3.05) is 39.6 Å². The lowest BCUT2D eigenvalue weighted by molar-refractivity contribution is 0.168. The van der Waals surface area contributed by atoms with Crippen LogP contribution in [0.25, 0.3) is 0 Å². The van der Waals surface area contributed by atoms with Gasteiger partial charge in [-0.15, -0.1) is 0 Å². The van der Waals surface area contributed by atoms with Gasteiger partial charge >= 0.3 is 0 Å². The SMILES string of the molecule is CC1CC(OCC2CO2)=CC=C1C(C)(C1=CC=C(OCC2CO2)CC1)c1ccc(C(C)(C)c2ccc(OCC3CO3)cc2)cc1. The summed E-state index contributed by atoms with van der Waals surface area (Å²) in [5, 5.41) is 0. The normalized spacial score (nSPS) is 26.8. The Balaban J connectivity index is 1.15.